The summed E-state index contributed by atoms with van der Waals surface area (Å²) in [5.41, 5.74) is -0.346. The van der Waals surface area contributed by atoms with Gasteiger partial charge in [0.05, 0.1) is 17.7 Å². The van der Waals surface area contributed by atoms with E-state index in [9.17, 15) is 13.6 Å². The smallest absolute Gasteiger partial charge is 0.339 e. The Morgan fingerprint density at radius 2 is 2.24 bits per heavy atom. The zero-order valence-corrected chi connectivity index (χ0v) is 11.0. The second-order valence-corrected chi connectivity index (χ2v) is 4.22. The molecule has 1 aromatic rings. The molecule has 0 saturated carbocycles. The van der Waals surface area contributed by atoms with Gasteiger partial charge in [-0.3, -0.25) is 0 Å². The SMILES string of the molecule is CCOC(=O)c1cc(C(F)F)cc(I)c1C#N. The van der Waals surface area contributed by atoms with Crippen molar-refractivity contribution in [2.24, 2.45) is 0 Å². The summed E-state index contributed by atoms with van der Waals surface area (Å²) in [5, 5.41) is 8.90. The van der Waals surface area contributed by atoms with Crippen LogP contribution in [0.15, 0.2) is 12.1 Å². The Kier molecular flexibility index (Phi) is 4.81. The molecule has 0 heterocycles. The number of nitrogens with zero attached hydrogens (tertiary/aromatic N) is 1. The summed E-state index contributed by atoms with van der Waals surface area (Å²) in [7, 11) is 0. The summed E-state index contributed by atoms with van der Waals surface area (Å²) < 4.78 is 30.2. The number of nitriles is 1. The average molecular weight is 351 g/mol. The van der Waals surface area contributed by atoms with E-state index in [0.717, 1.165) is 6.07 Å². The van der Waals surface area contributed by atoms with Gasteiger partial charge in [0.15, 0.2) is 0 Å². The summed E-state index contributed by atoms with van der Waals surface area (Å²) in [4.78, 5) is 11.5. The molecule has 0 unspecified atom stereocenters. The fourth-order valence-corrected chi connectivity index (χ4v) is 2.01. The summed E-state index contributed by atoms with van der Waals surface area (Å²) in [5.74, 6) is -0.760. The van der Waals surface area contributed by atoms with E-state index in [0.29, 0.717) is 3.57 Å². The molecule has 1 rings (SSSR count). The van der Waals surface area contributed by atoms with Gasteiger partial charge < -0.3 is 4.74 Å². The minimum absolute atomic E-state index is 0.0634. The van der Waals surface area contributed by atoms with Gasteiger partial charge in [0.2, 0.25) is 0 Å². The molecule has 0 radical (unpaired) electrons. The quantitative estimate of drug-likeness (QED) is 0.620. The number of ether oxygens (including phenoxy) is 1. The Bertz CT molecular complexity index is 483. The highest BCUT2D eigenvalue weighted by atomic mass is 127. The molecule has 0 amide bonds. The topological polar surface area (TPSA) is 50.1 Å². The van der Waals surface area contributed by atoms with Crippen molar-refractivity contribution in [2.45, 2.75) is 13.3 Å². The maximum atomic E-state index is 12.6. The molecule has 17 heavy (non-hydrogen) atoms. The number of halogens is 3. The Morgan fingerprint density at radius 1 is 1.59 bits per heavy atom. The Morgan fingerprint density at radius 3 is 2.71 bits per heavy atom. The molecule has 6 heteroatoms. The molecule has 0 saturated heterocycles. The summed E-state index contributed by atoms with van der Waals surface area (Å²) in [6.07, 6.45) is -2.69. The van der Waals surface area contributed by atoms with Crippen molar-refractivity contribution in [3.63, 3.8) is 0 Å². The molecule has 90 valence electrons. The van der Waals surface area contributed by atoms with Crippen LogP contribution in [0.1, 0.15) is 34.8 Å². The predicted molar refractivity (Wildman–Crippen MR) is 64.8 cm³/mol. The van der Waals surface area contributed by atoms with Gasteiger partial charge in [-0.15, -0.1) is 0 Å². The Balaban J connectivity index is 3.35. The molecule has 1 aromatic carbocycles. The molecule has 0 spiro atoms. The van der Waals surface area contributed by atoms with E-state index in [1.54, 1.807) is 29.5 Å². The number of alkyl halides is 2. The zero-order chi connectivity index (χ0) is 13.0. The number of esters is 1. The Labute approximate surface area is 111 Å². The first kappa shape index (κ1) is 13.8. The van der Waals surface area contributed by atoms with E-state index >= 15 is 0 Å². The van der Waals surface area contributed by atoms with Crippen LogP contribution < -0.4 is 0 Å². The van der Waals surface area contributed by atoms with Crippen molar-refractivity contribution in [3.8, 4) is 6.07 Å². The molecular formula is C11H8F2INO2. The van der Waals surface area contributed by atoms with Gasteiger partial charge in [-0.1, -0.05) is 0 Å². The normalized spacial score (nSPS) is 10.1. The van der Waals surface area contributed by atoms with E-state index in [1.807, 2.05) is 6.07 Å². The first-order valence-electron chi connectivity index (χ1n) is 4.70. The van der Waals surface area contributed by atoms with Crippen molar-refractivity contribution in [1.82, 2.24) is 0 Å². The van der Waals surface area contributed by atoms with E-state index in [4.69, 9.17) is 10.00 Å². The lowest BCUT2D eigenvalue weighted by atomic mass is 10.0. The van der Waals surface area contributed by atoms with Crippen molar-refractivity contribution in [2.75, 3.05) is 6.61 Å². The molecule has 0 N–H and O–H groups in total. The number of carbonyl (C=O) groups excluding carboxylic acids is 1. The van der Waals surface area contributed by atoms with Crippen LogP contribution >= 0.6 is 22.6 Å². The van der Waals surface area contributed by atoms with Crippen LogP contribution in [0.2, 0.25) is 0 Å². The second-order valence-electron chi connectivity index (χ2n) is 3.06. The predicted octanol–water partition coefficient (Wildman–Crippen LogP) is 3.28. The highest BCUT2D eigenvalue weighted by Gasteiger charge is 2.19. The van der Waals surface area contributed by atoms with Gasteiger partial charge in [0, 0.05) is 9.13 Å². The lowest BCUT2D eigenvalue weighted by Gasteiger charge is -2.08. The van der Waals surface area contributed by atoms with Gasteiger partial charge in [-0.25, -0.2) is 13.6 Å². The number of carbonyl (C=O) groups is 1. The highest BCUT2D eigenvalue weighted by molar-refractivity contribution is 14.1. The molecule has 0 aliphatic heterocycles. The lowest BCUT2D eigenvalue weighted by molar-refractivity contribution is 0.0525. The zero-order valence-electron chi connectivity index (χ0n) is 8.84. The lowest BCUT2D eigenvalue weighted by Crippen LogP contribution is -2.09. The van der Waals surface area contributed by atoms with Crippen LogP contribution in [0.3, 0.4) is 0 Å². The van der Waals surface area contributed by atoms with Crippen LogP contribution in [0.4, 0.5) is 8.78 Å². The molecule has 0 atom stereocenters. The average Bonchev–Trinajstić information content (AvgIpc) is 2.28. The van der Waals surface area contributed by atoms with E-state index in [1.165, 1.54) is 6.07 Å². The fourth-order valence-electron chi connectivity index (χ4n) is 1.24. The van der Waals surface area contributed by atoms with E-state index in [2.05, 4.69) is 0 Å². The largest absolute Gasteiger partial charge is 0.462 e. The van der Waals surface area contributed by atoms with Gasteiger partial charge >= 0.3 is 5.97 Å². The van der Waals surface area contributed by atoms with Crippen molar-refractivity contribution >= 4 is 28.6 Å². The van der Waals surface area contributed by atoms with Crippen LogP contribution in [0.5, 0.6) is 0 Å². The minimum atomic E-state index is -2.69. The standard InChI is InChI=1S/C11H8F2INO2/c1-2-17-11(16)7-3-6(10(12)13)4-9(14)8(7)5-15/h3-4,10H,2H2,1H3. The van der Waals surface area contributed by atoms with Crippen molar-refractivity contribution in [3.05, 3.63) is 32.4 Å². The molecule has 0 aromatic heterocycles. The monoisotopic (exact) mass is 351 g/mol. The summed E-state index contributed by atoms with van der Waals surface area (Å²) >= 11 is 1.74. The fraction of sp³-hybridized carbons (Fsp3) is 0.273. The number of hydrogen-bond acceptors (Lipinski definition) is 3. The second kappa shape index (κ2) is 5.91. The third-order valence-corrected chi connectivity index (χ3v) is 2.82. The maximum absolute atomic E-state index is 12.6. The molecule has 0 aliphatic rings. The van der Waals surface area contributed by atoms with Gasteiger partial charge in [0.1, 0.15) is 6.07 Å². The van der Waals surface area contributed by atoms with Gasteiger partial charge in [0.25, 0.3) is 6.43 Å². The minimum Gasteiger partial charge on any atom is -0.462 e. The summed E-state index contributed by atoms with van der Waals surface area (Å²) in [6.45, 7) is 1.73. The maximum Gasteiger partial charge on any atom is 0.339 e. The van der Waals surface area contributed by atoms with E-state index in [-0.39, 0.29) is 23.3 Å². The molecule has 0 fully saturated rings. The highest BCUT2D eigenvalue weighted by Crippen LogP contribution is 2.26. The summed E-state index contributed by atoms with van der Waals surface area (Å²) in [6, 6.07) is 4.01. The molecule has 0 aliphatic carbocycles. The number of rotatable bonds is 3. The Hall–Kier alpha value is -1.23. The third kappa shape index (κ3) is 3.12. The first-order chi connectivity index (χ1) is 8.01. The molecule has 3 nitrogen and oxygen atoms in total. The van der Waals surface area contributed by atoms with Gasteiger partial charge in [-0.2, -0.15) is 5.26 Å². The molecule has 0 bridgehead atoms. The van der Waals surface area contributed by atoms with Gasteiger partial charge in [-0.05, 0) is 41.6 Å². The van der Waals surface area contributed by atoms with Crippen LogP contribution in [0.25, 0.3) is 0 Å². The number of hydrogen-bond donors (Lipinski definition) is 0. The van der Waals surface area contributed by atoms with Crippen LogP contribution in [-0.4, -0.2) is 12.6 Å². The van der Waals surface area contributed by atoms with Crippen LogP contribution in [0, 0.1) is 14.9 Å². The van der Waals surface area contributed by atoms with Crippen LogP contribution in [-0.2, 0) is 4.74 Å². The first-order valence-corrected chi connectivity index (χ1v) is 5.78. The molecular weight excluding hydrogens is 343 g/mol. The van der Waals surface area contributed by atoms with E-state index < -0.39 is 12.4 Å². The van der Waals surface area contributed by atoms with Crippen molar-refractivity contribution < 1.29 is 18.3 Å². The third-order valence-electron chi connectivity index (χ3n) is 1.97. The number of benzene rings is 1. The van der Waals surface area contributed by atoms with Crippen molar-refractivity contribution in [1.29, 1.82) is 5.26 Å².